The van der Waals surface area contributed by atoms with E-state index in [0.717, 1.165) is 0 Å². The Hall–Kier alpha value is -1.89. The monoisotopic (exact) mass is 272 g/mol. The summed E-state index contributed by atoms with van der Waals surface area (Å²) in [5.41, 5.74) is 0. The summed E-state index contributed by atoms with van der Waals surface area (Å²) >= 11 is 0. The summed E-state index contributed by atoms with van der Waals surface area (Å²) in [6.45, 7) is 3.54. The Kier molecular flexibility index (Phi) is 5.05. The molecule has 0 aliphatic carbocycles. The number of Topliss-reactive ketones (excluding diaryl/α,β-unsaturated/α-hetero) is 1. The fraction of sp³-hybridized carbons (Fsp3) is 0.583. The average molecular weight is 272 g/mol. The Morgan fingerprint density at radius 1 is 1.16 bits per heavy atom. The number of esters is 2. The lowest BCUT2D eigenvalue weighted by molar-refractivity contribution is -0.182. The van der Waals surface area contributed by atoms with E-state index in [1.807, 2.05) is 0 Å². The number of ether oxygens (including phenoxy) is 3. The highest BCUT2D eigenvalue weighted by molar-refractivity contribution is 5.81. The van der Waals surface area contributed by atoms with Crippen molar-refractivity contribution < 1.29 is 33.7 Å². The molecule has 19 heavy (non-hydrogen) atoms. The van der Waals surface area contributed by atoms with E-state index in [4.69, 9.17) is 14.2 Å². The van der Waals surface area contributed by atoms with E-state index in [1.165, 1.54) is 33.1 Å². The van der Waals surface area contributed by atoms with Gasteiger partial charge < -0.3 is 19.3 Å². The summed E-state index contributed by atoms with van der Waals surface area (Å²) < 4.78 is 15.0. The lowest BCUT2D eigenvalue weighted by Crippen LogP contribution is -2.52. The molecule has 0 aromatic carbocycles. The maximum Gasteiger partial charge on any atom is 0.303 e. The summed E-state index contributed by atoms with van der Waals surface area (Å²) in [5, 5.41) is 9.75. The standard InChI is InChI=1S/C12H16O7/c1-6(13)10(16)12-11(19-8(3)15)9(4-5-17-12)18-7(2)14/h4-5,9-12,16H,1-3H3/t9-,10?,11+,12?/m1/s1. The van der Waals surface area contributed by atoms with Gasteiger partial charge in [0.15, 0.2) is 30.2 Å². The van der Waals surface area contributed by atoms with E-state index in [1.54, 1.807) is 0 Å². The normalized spacial score (nSPS) is 27.1. The van der Waals surface area contributed by atoms with Crippen LogP contribution in [0.4, 0.5) is 0 Å². The minimum atomic E-state index is -1.48. The number of carbonyl (C=O) groups excluding carboxylic acids is 3. The first-order chi connectivity index (χ1) is 8.82. The molecule has 4 atom stereocenters. The van der Waals surface area contributed by atoms with Crippen LogP contribution in [0.15, 0.2) is 12.3 Å². The number of aliphatic hydroxyl groups is 1. The van der Waals surface area contributed by atoms with Crippen LogP contribution in [-0.2, 0) is 28.6 Å². The molecule has 106 valence electrons. The molecule has 0 saturated heterocycles. The van der Waals surface area contributed by atoms with Crippen molar-refractivity contribution in [1.29, 1.82) is 0 Å². The number of hydrogen-bond acceptors (Lipinski definition) is 7. The smallest absolute Gasteiger partial charge is 0.303 e. The van der Waals surface area contributed by atoms with Gasteiger partial charge in [-0.05, 0) is 13.0 Å². The Morgan fingerprint density at radius 3 is 2.21 bits per heavy atom. The Morgan fingerprint density at radius 2 is 1.74 bits per heavy atom. The van der Waals surface area contributed by atoms with E-state index < -0.39 is 42.1 Å². The Labute approximate surface area is 110 Å². The molecule has 1 heterocycles. The summed E-state index contributed by atoms with van der Waals surface area (Å²) in [6, 6.07) is 0. The molecule has 7 heteroatoms. The zero-order chi connectivity index (χ0) is 14.6. The highest BCUT2D eigenvalue weighted by atomic mass is 16.6. The topological polar surface area (TPSA) is 99.1 Å². The first-order valence-electron chi connectivity index (χ1n) is 5.68. The van der Waals surface area contributed by atoms with Crippen LogP contribution < -0.4 is 0 Å². The van der Waals surface area contributed by atoms with E-state index in [0.29, 0.717) is 0 Å². The molecule has 0 amide bonds. The second-order valence-electron chi connectivity index (χ2n) is 4.13. The molecular weight excluding hydrogens is 256 g/mol. The average Bonchev–Trinajstić information content (AvgIpc) is 2.29. The van der Waals surface area contributed by atoms with Gasteiger partial charge in [0, 0.05) is 13.8 Å². The fourth-order valence-corrected chi connectivity index (χ4v) is 1.70. The fourth-order valence-electron chi connectivity index (χ4n) is 1.70. The summed E-state index contributed by atoms with van der Waals surface area (Å²) in [7, 11) is 0. The second kappa shape index (κ2) is 6.33. The van der Waals surface area contributed by atoms with Crippen molar-refractivity contribution in [3.8, 4) is 0 Å². The van der Waals surface area contributed by atoms with Crippen molar-refractivity contribution >= 4 is 17.7 Å². The van der Waals surface area contributed by atoms with Gasteiger partial charge in [0.2, 0.25) is 0 Å². The van der Waals surface area contributed by atoms with Crippen LogP contribution in [0.5, 0.6) is 0 Å². The molecule has 1 aliphatic rings. The third-order valence-electron chi connectivity index (χ3n) is 2.48. The minimum Gasteiger partial charge on any atom is -0.491 e. The number of ketones is 1. The molecule has 1 rings (SSSR count). The van der Waals surface area contributed by atoms with Gasteiger partial charge >= 0.3 is 11.9 Å². The summed E-state index contributed by atoms with van der Waals surface area (Å²) in [5.74, 6) is -1.76. The highest BCUT2D eigenvalue weighted by Gasteiger charge is 2.42. The van der Waals surface area contributed by atoms with Crippen LogP contribution in [0.1, 0.15) is 20.8 Å². The molecule has 0 saturated carbocycles. The van der Waals surface area contributed by atoms with Gasteiger partial charge in [-0.3, -0.25) is 14.4 Å². The maximum absolute atomic E-state index is 11.2. The third kappa shape index (κ3) is 4.06. The predicted molar refractivity (Wildman–Crippen MR) is 61.8 cm³/mol. The molecule has 1 aliphatic heterocycles. The number of hydrogen-bond donors (Lipinski definition) is 1. The minimum absolute atomic E-state index is 0.543. The largest absolute Gasteiger partial charge is 0.491 e. The number of aliphatic hydroxyl groups excluding tert-OH is 1. The zero-order valence-corrected chi connectivity index (χ0v) is 10.9. The van der Waals surface area contributed by atoms with E-state index in [-0.39, 0.29) is 0 Å². The van der Waals surface area contributed by atoms with Gasteiger partial charge in [-0.1, -0.05) is 0 Å². The van der Waals surface area contributed by atoms with E-state index >= 15 is 0 Å². The molecule has 0 aromatic rings. The Balaban J connectivity index is 2.96. The Bertz CT molecular complexity index is 401. The number of carbonyl (C=O) groups is 3. The van der Waals surface area contributed by atoms with Gasteiger partial charge in [0.05, 0.1) is 6.26 Å². The number of rotatable bonds is 4. The first-order valence-corrected chi connectivity index (χ1v) is 5.68. The van der Waals surface area contributed by atoms with Crippen LogP contribution in [-0.4, -0.2) is 47.2 Å². The third-order valence-corrected chi connectivity index (χ3v) is 2.48. The quantitative estimate of drug-likeness (QED) is 0.702. The van der Waals surface area contributed by atoms with Crippen molar-refractivity contribution in [3.05, 3.63) is 12.3 Å². The maximum atomic E-state index is 11.2. The lowest BCUT2D eigenvalue weighted by Gasteiger charge is -2.34. The van der Waals surface area contributed by atoms with Crippen molar-refractivity contribution in [2.24, 2.45) is 0 Å². The van der Waals surface area contributed by atoms with Gasteiger partial charge in [0.25, 0.3) is 0 Å². The molecule has 0 radical (unpaired) electrons. The van der Waals surface area contributed by atoms with Crippen LogP contribution in [0.3, 0.4) is 0 Å². The van der Waals surface area contributed by atoms with Crippen molar-refractivity contribution in [1.82, 2.24) is 0 Å². The van der Waals surface area contributed by atoms with Crippen molar-refractivity contribution in [3.63, 3.8) is 0 Å². The van der Waals surface area contributed by atoms with Crippen LogP contribution in [0, 0.1) is 0 Å². The summed E-state index contributed by atoms with van der Waals surface area (Å²) in [6.07, 6.45) is -2.01. The van der Waals surface area contributed by atoms with Gasteiger partial charge in [-0.15, -0.1) is 0 Å². The van der Waals surface area contributed by atoms with E-state index in [2.05, 4.69) is 0 Å². The molecular formula is C12H16O7. The molecule has 1 N–H and O–H groups in total. The lowest BCUT2D eigenvalue weighted by atomic mass is 9.98. The molecule has 0 spiro atoms. The summed E-state index contributed by atoms with van der Waals surface area (Å²) in [4.78, 5) is 33.3. The predicted octanol–water partition coefficient (Wildman–Crippen LogP) is -0.288. The highest BCUT2D eigenvalue weighted by Crippen LogP contribution is 2.22. The molecule has 0 fully saturated rings. The molecule has 7 nitrogen and oxygen atoms in total. The van der Waals surface area contributed by atoms with Crippen LogP contribution in [0.25, 0.3) is 0 Å². The first kappa shape index (κ1) is 15.2. The SMILES string of the molecule is CC(=O)O[C@@H]1C(C(O)C(C)=O)OC=C[C@H]1OC(C)=O. The van der Waals surface area contributed by atoms with E-state index in [9.17, 15) is 19.5 Å². The van der Waals surface area contributed by atoms with Crippen LogP contribution in [0.2, 0.25) is 0 Å². The molecule has 2 unspecified atom stereocenters. The van der Waals surface area contributed by atoms with Crippen molar-refractivity contribution in [2.45, 2.75) is 45.2 Å². The van der Waals surface area contributed by atoms with Crippen molar-refractivity contribution in [2.75, 3.05) is 0 Å². The van der Waals surface area contributed by atoms with Gasteiger partial charge in [-0.25, -0.2) is 0 Å². The van der Waals surface area contributed by atoms with Gasteiger partial charge in [0.1, 0.15) is 0 Å². The molecule has 0 aromatic heterocycles. The zero-order valence-electron chi connectivity index (χ0n) is 10.9. The van der Waals surface area contributed by atoms with Crippen LogP contribution >= 0.6 is 0 Å². The molecule has 0 bridgehead atoms. The van der Waals surface area contributed by atoms with Gasteiger partial charge in [-0.2, -0.15) is 0 Å². The second-order valence-corrected chi connectivity index (χ2v) is 4.13.